The van der Waals surface area contributed by atoms with Gasteiger partial charge in [-0.3, -0.25) is 5.32 Å². The van der Waals surface area contributed by atoms with Gasteiger partial charge in [-0.25, -0.2) is 9.59 Å². The third-order valence-corrected chi connectivity index (χ3v) is 4.56. The lowest BCUT2D eigenvalue weighted by Gasteiger charge is -2.31. The molecule has 1 aromatic carbocycles. The fourth-order valence-electron chi connectivity index (χ4n) is 2.66. The zero-order valence-electron chi connectivity index (χ0n) is 18.8. The van der Waals surface area contributed by atoms with Crippen LogP contribution in [0.1, 0.15) is 18.9 Å². The number of rotatable bonds is 16. The van der Waals surface area contributed by atoms with E-state index in [9.17, 15) is 9.59 Å². The average molecular weight is 447 g/mol. The van der Waals surface area contributed by atoms with E-state index in [0.717, 1.165) is 0 Å². The molecule has 8 heteroatoms. The molecule has 0 aliphatic rings. The van der Waals surface area contributed by atoms with Crippen molar-refractivity contribution in [2.75, 3.05) is 45.0 Å². The second kappa shape index (κ2) is 15.7. The largest absolute Gasteiger partial charge is 0.449 e. The van der Waals surface area contributed by atoms with Gasteiger partial charge in [0.25, 0.3) is 0 Å². The number of alkyl carbamates (subject to hydrolysis) is 1. The third kappa shape index (κ3) is 10.3. The van der Waals surface area contributed by atoms with Gasteiger partial charge in [0, 0.05) is 12.2 Å². The Morgan fingerprint density at radius 2 is 1.53 bits per heavy atom. The summed E-state index contributed by atoms with van der Waals surface area (Å²) in [6.45, 7) is 14.7. The zero-order chi connectivity index (χ0) is 23.7. The Kier molecular flexibility index (Phi) is 13.2. The van der Waals surface area contributed by atoms with Crippen LogP contribution in [0.4, 0.5) is 15.3 Å². The lowest BCUT2D eigenvalue weighted by atomic mass is 9.88. The van der Waals surface area contributed by atoms with E-state index in [-0.39, 0.29) is 19.8 Å². The van der Waals surface area contributed by atoms with Crippen LogP contribution in [0.3, 0.4) is 0 Å². The molecule has 0 aromatic heterocycles. The van der Waals surface area contributed by atoms with Gasteiger partial charge in [0.1, 0.15) is 13.2 Å². The molecule has 0 saturated heterocycles. The number of benzene rings is 1. The highest BCUT2D eigenvalue weighted by Crippen LogP contribution is 2.24. The molecule has 0 radical (unpaired) electrons. The van der Waals surface area contributed by atoms with E-state index in [1.807, 2.05) is 6.92 Å². The molecule has 176 valence electrons. The molecule has 0 fully saturated rings. The monoisotopic (exact) mass is 446 g/mol. The first-order valence-corrected chi connectivity index (χ1v) is 10.4. The first kappa shape index (κ1) is 26.9. The number of ether oxygens (including phenoxy) is 4. The van der Waals surface area contributed by atoms with Gasteiger partial charge in [-0.2, -0.15) is 0 Å². The fourth-order valence-corrected chi connectivity index (χ4v) is 2.66. The Morgan fingerprint density at radius 3 is 2.12 bits per heavy atom. The molecule has 0 heterocycles. The van der Waals surface area contributed by atoms with Crippen molar-refractivity contribution in [3.63, 3.8) is 0 Å². The van der Waals surface area contributed by atoms with E-state index in [1.54, 1.807) is 36.4 Å². The predicted molar refractivity (Wildman–Crippen MR) is 125 cm³/mol. The number of carbonyl (C=O) groups excluding carboxylic acids is 2. The lowest BCUT2D eigenvalue weighted by molar-refractivity contribution is -0.0461. The Bertz CT molecular complexity index is 736. The topological polar surface area (TPSA) is 95.1 Å². The molecule has 0 aliphatic carbocycles. The molecule has 0 aliphatic heterocycles. The van der Waals surface area contributed by atoms with E-state index in [1.165, 1.54) is 6.08 Å². The summed E-state index contributed by atoms with van der Waals surface area (Å²) in [7, 11) is 0. The summed E-state index contributed by atoms with van der Waals surface area (Å²) < 4.78 is 21.6. The summed E-state index contributed by atoms with van der Waals surface area (Å²) in [6, 6.07) is 7.07. The first-order valence-electron chi connectivity index (χ1n) is 10.4. The Balaban J connectivity index is 2.65. The molecule has 0 saturated carbocycles. The second-order valence-electron chi connectivity index (χ2n) is 7.06. The molecular formula is C24H34N2O6. The minimum atomic E-state index is -0.605. The minimum Gasteiger partial charge on any atom is -0.449 e. The molecule has 2 N–H and O–H groups in total. The van der Waals surface area contributed by atoms with Crippen LogP contribution in [0.15, 0.2) is 62.2 Å². The molecule has 32 heavy (non-hydrogen) atoms. The Morgan fingerprint density at radius 1 is 0.906 bits per heavy atom. The second-order valence-corrected chi connectivity index (χ2v) is 7.06. The minimum absolute atomic E-state index is 0.102. The summed E-state index contributed by atoms with van der Waals surface area (Å²) >= 11 is 0. The number of hydrogen-bond acceptors (Lipinski definition) is 6. The Labute approximate surface area is 190 Å². The van der Waals surface area contributed by atoms with Gasteiger partial charge >= 0.3 is 12.2 Å². The maximum atomic E-state index is 12.3. The highest BCUT2D eigenvalue weighted by Gasteiger charge is 2.31. The quantitative estimate of drug-likeness (QED) is 0.288. The summed E-state index contributed by atoms with van der Waals surface area (Å²) in [5, 5.41) is 5.35. The van der Waals surface area contributed by atoms with Crippen molar-refractivity contribution in [1.29, 1.82) is 0 Å². The predicted octanol–water partition coefficient (Wildman–Crippen LogP) is 4.45. The van der Waals surface area contributed by atoms with Gasteiger partial charge in [-0.05, 0) is 18.1 Å². The van der Waals surface area contributed by atoms with Gasteiger partial charge in [0.2, 0.25) is 0 Å². The van der Waals surface area contributed by atoms with Crippen LogP contribution in [0.25, 0.3) is 0 Å². The van der Waals surface area contributed by atoms with Crippen molar-refractivity contribution < 1.29 is 28.5 Å². The van der Waals surface area contributed by atoms with Crippen molar-refractivity contribution >= 4 is 17.9 Å². The molecule has 8 nitrogen and oxygen atoms in total. The molecule has 0 bridgehead atoms. The number of para-hydroxylation sites is 1. The Hall–Kier alpha value is -3.10. The van der Waals surface area contributed by atoms with E-state index >= 15 is 0 Å². The van der Waals surface area contributed by atoms with Gasteiger partial charge < -0.3 is 24.3 Å². The highest BCUT2D eigenvalue weighted by atomic mass is 16.6. The molecule has 1 rings (SSSR count). The number of hydrogen-bond donors (Lipinski definition) is 2. The standard InChI is InChI=1S/C24H34N2O6/c1-5-13-29-17-24(8-4,18-30-14-6-2)19-32-22(27)25-16-20-11-9-10-12-21(20)26-23(28)31-15-7-3/h5-7,9-12H,1-3,8,13-19H2,4H3,(H,25,27)(H,26,28). The maximum Gasteiger partial charge on any atom is 0.411 e. The maximum absolute atomic E-state index is 12.3. The lowest BCUT2D eigenvalue weighted by Crippen LogP contribution is -2.39. The summed E-state index contributed by atoms with van der Waals surface area (Å²) in [6.07, 6.45) is 4.30. The molecule has 1 aromatic rings. The van der Waals surface area contributed by atoms with Crippen LogP contribution in [-0.2, 0) is 25.5 Å². The van der Waals surface area contributed by atoms with Crippen LogP contribution >= 0.6 is 0 Å². The SMILES string of the molecule is C=CCOCC(CC)(COCC=C)COC(=O)NCc1ccccc1NC(=O)OCC=C. The van der Waals surface area contributed by atoms with Gasteiger partial charge in [-0.15, -0.1) is 13.2 Å². The molecule has 0 atom stereocenters. The smallest absolute Gasteiger partial charge is 0.411 e. The van der Waals surface area contributed by atoms with Crippen LogP contribution in [0.5, 0.6) is 0 Å². The summed E-state index contributed by atoms with van der Waals surface area (Å²) in [5.74, 6) is 0. The van der Waals surface area contributed by atoms with E-state index in [4.69, 9.17) is 18.9 Å². The van der Waals surface area contributed by atoms with Gasteiger partial charge in [-0.1, -0.05) is 49.9 Å². The third-order valence-electron chi connectivity index (χ3n) is 4.56. The van der Waals surface area contributed by atoms with Crippen molar-refractivity contribution in [3.05, 3.63) is 67.8 Å². The number of anilines is 1. The van der Waals surface area contributed by atoms with E-state index in [0.29, 0.717) is 44.1 Å². The van der Waals surface area contributed by atoms with E-state index < -0.39 is 17.6 Å². The van der Waals surface area contributed by atoms with Crippen molar-refractivity contribution in [2.45, 2.75) is 19.9 Å². The van der Waals surface area contributed by atoms with Gasteiger partial charge in [0.15, 0.2) is 0 Å². The molecule has 0 spiro atoms. The van der Waals surface area contributed by atoms with E-state index in [2.05, 4.69) is 30.4 Å². The zero-order valence-corrected chi connectivity index (χ0v) is 18.8. The summed E-state index contributed by atoms with van der Waals surface area (Å²) in [5.41, 5.74) is 0.739. The first-order chi connectivity index (χ1) is 15.5. The van der Waals surface area contributed by atoms with Crippen molar-refractivity contribution in [2.24, 2.45) is 5.41 Å². The molecule has 0 unspecified atom stereocenters. The highest BCUT2D eigenvalue weighted by molar-refractivity contribution is 5.85. The summed E-state index contributed by atoms with van der Waals surface area (Å²) in [4.78, 5) is 24.1. The van der Waals surface area contributed by atoms with Crippen molar-refractivity contribution in [1.82, 2.24) is 5.32 Å². The number of nitrogens with one attached hydrogen (secondary N) is 2. The van der Waals surface area contributed by atoms with Crippen LogP contribution < -0.4 is 10.6 Å². The number of carbonyl (C=O) groups is 2. The van der Waals surface area contributed by atoms with Gasteiger partial charge in [0.05, 0.1) is 31.8 Å². The fraction of sp³-hybridized carbons (Fsp3) is 0.417. The molecular weight excluding hydrogens is 412 g/mol. The molecule has 2 amide bonds. The average Bonchev–Trinajstić information content (AvgIpc) is 2.80. The normalized spacial score (nSPS) is 10.7. The van der Waals surface area contributed by atoms with Crippen LogP contribution in [0, 0.1) is 5.41 Å². The van der Waals surface area contributed by atoms with Crippen LogP contribution in [-0.4, -0.2) is 51.8 Å². The van der Waals surface area contributed by atoms with Crippen LogP contribution in [0.2, 0.25) is 0 Å². The number of amides is 2. The van der Waals surface area contributed by atoms with Crippen molar-refractivity contribution in [3.8, 4) is 0 Å².